The lowest BCUT2D eigenvalue weighted by molar-refractivity contribution is -0.384. The molecule has 0 fully saturated rings. The Labute approximate surface area is 137 Å². The van der Waals surface area contributed by atoms with Crippen molar-refractivity contribution in [3.8, 4) is 0 Å². The van der Waals surface area contributed by atoms with Gasteiger partial charge in [-0.05, 0) is 52.9 Å². The van der Waals surface area contributed by atoms with Crippen molar-refractivity contribution in [1.82, 2.24) is 0 Å². The van der Waals surface area contributed by atoms with Crippen LogP contribution in [0, 0.1) is 19.5 Å². The highest BCUT2D eigenvalue weighted by molar-refractivity contribution is 14.1. The summed E-state index contributed by atoms with van der Waals surface area (Å²) in [6.45, 7) is 0. The minimum absolute atomic E-state index is 0.0482. The zero-order chi connectivity index (χ0) is 15.6. The molecule has 2 rings (SSSR count). The number of halogens is 3. The van der Waals surface area contributed by atoms with E-state index in [1.807, 2.05) is 22.6 Å². The fourth-order valence-electron chi connectivity index (χ4n) is 1.58. The molecule has 0 saturated heterocycles. The highest BCUT2D eigenvalue weighted by Crippen LogP contribution is 2.26. The molecule has 0 atom stereocenters. The van der Waals surface area contributed by atoms with Crippen molar-refractivity contribution < 1.29 is 14.1 Å². The van der Waals surface area contributed by atoms with Gasteiger partial charge in [0.25, 0.3) is 11.6 Å². The van der Waals surface area contributed by atoms with Gasteiger partial charge in [0.05, 0.1) is 10.6 Å². The van der Waals surface area contributed by atoms with Crippen LogP contribution in [0.4, 0.5) is 15.8 Å². The second kappa shape index (κ2) is 6.35. The minimum atomic E-state index is -0.666. The summed E-state index contributed by atoms with van der Waals surface area (Å²) in [7, 11) is 0. The van der Waals surface area contributed by atoms with Crippen LogP contribution in [0.5, 0.6) is 0 Å². The zero-order valence-electron chi connectivity index (χ0n) is 10.3. The summed E-state index contributed by atoms with van der Waals surface area (Å²) in [6, 6.07) is 7.64. The molecule has 0 bridgehead atoms. The van der Waals surface area contributed by atoms with Crippen LogP contribution < -0.4 is 5.32 Å². The number of rotatable bonds is 3. The van der Waals surface area contributed by atoms with E-state index in [0.717, 1.165) is 6.07 Å². The van der Waals surface area contributed by atoms with Gasteiger partial charge in [-0.15, -0.1) is 0 Å². The third-order valence-electron chi connectivity index (χ3n) is 2.58. The van der Waals surface area contributed by atoms with Gasteiger partial charge in [0, 0.05) is 15.2 Å². The monoisotopic (exact) mass is 420 g/mol. The number of hydrogen-bond donors (Lipinski definition) is 1. The van der Waals surface area contributed by atoms with Crippen LogP contribution in [-0.4, -0.2) is 10.8 Å². The van der Waals surface area contributed by atoms with Gasteiger partial charge in [-0.3, -0.25) is 14.9 Å². The maximum Gasteiger partial charge on any atom is 0.288 e. The number of nitro groups is 1. The number of hydrogen-bond acceptors (Lipinski definition) is 3. The normalized spacial score (nSPS) is 10.2. The zero-order valence-corrected chi connectivity index (χ0v) is 13.2. The van der Waals surface area contributed by atoms with Crippen molar-refractivity contribution in [2.45, 2.75) is 0 Å². The molecule has 0 aliphatic rings. The fourth-order valence-corrected chi connectivity index (χ4v) is 2.38. The first-order valence-electron chi connectivity index (χ1n) is 5.59. The van der Waals surface area contributed by atoms with E-state index >= 15 is 0 Å². The van der Waals surface area contributed by atoms with Crippen LogP contribution in [0.15, 0.2) is 36.4 Å². The number of benzene rings is 2. The third-order valence-corrected chi connectivity index (χ3v) is 3.80. The molecule has 1 amide bonds. The SMILES string of the molecule is O=C(Nc1ccc(F)cc1I)c1ccc(Cl)c([N+](=O)[O-])c1. The van der Waals surface area contributed by atoms with Crippen LogP contribution in [0.25, 0.3) is 0 Å². The first kappa shape index (κ1) is 15.6. The quantitative estimate of drug-likeness (QED) is 0.458. The number of amides is 1. The smallest absolute Gasteiger partial charge is 0.288 e. The van der Waals surface area contributed by atoms with Gasteiger partial charge in [0.1, 0.15) is 10.8 Å². The van der Waals surface area contributed by atoms with Crippen molar-refractivity contribution in [3.05, 3.63) is 66.5 Å². The molecule has 0 aliphatic heterocycles. The summed E-state index contributed by atoms with van der Waals surface area (Å²) in [4.78, 5) is 22.2. The van der Waals surface area contributed by atoms with E-state index in [0.29, 0.717) is 9.26 Å². The van der Waals surface area contributed by atoms with E-state index < -0.39 is 16.6 Å². The number of carbonyl (C=O) groups is 1. The van der Waals surface area contributed by atoms with Crippen molar-refractivity contribution in [2.75, 3.05) is 5.32 Å². The highest BCUT2D eigenvalue weighted by Gasteiger charge is 2.17. The molecule has 0 saturated carbocycles. The van der Waals surface area contributed by atoms with Crippen LogP contribution in [-0.2, 0) is 0 Å². The van der Waals surface area contributed by atoms with Gasteiger partial charge < -0.3 is 5.32 Å². The van der Waals surface area contributed by atoms with E-state index in [1.54, 1.807) is 0 Å². The molecular weight excluding hydrogens is 414 g/mol. The maximum atomic E-state index is 13.0. The Morgan fingerprint density at radius 1 is 1.29 bits per heavy atom. The third kappa shape index (κ3) is 3.67. The summed E-state index contributed by atoms with van der Waals surface area (Å²) in [5.41, 5.74) is 0.156. The van der Waals surface area contributed by atoms with Gasteiger partial charge in [-0.25, -0.2) is 4.39 Å². The molecule has 2 aromatic carbocycles. The predicted molar refractivity (Wildman–Crippen MR) is 85.2 cm³/mol. The first-order chi connectivity index (χ1) is 9.88. The van der Waals surface area contributed by atoms with Gasteiger partial charge in [0.2, 0.25) is 0 Å². The van der Waals surface area contributed by atoms with E-state index in [1.165, 1.54) is 30.3 Å². The second-order valence-electron chi connectivity index (χ2n) is 4.00. The number of nitro benzene ring substituents is 1. The Morgan fingerprint density at radius 3 is 2.62 bits per heavy atom. The van der Waals surface area contributed by atoms with Gasteiger partial charge in [-0.1, -0.05) is 11.6 Å². The van der Waals surface area contributed by atoms with Crippen molar-refractivity contribution in [3.63, 3.8) is 0 Å². The van der Waals surface area contributed by atoms with E-state index in [2.05, 4.69) is 5.32 Å². The summed E-state index contributed by atoms with van der Waals surface area (Å²) >= 11 is 7.56. The predicted octanol–water partition coefficient (Wildman–Crippen LogP) is 4.24. The molecule has 0 aliphatic carbocycles. The molecule has 0 aromatic heterocycles. The number of nitrogens with one attached hydrogen (secondary N) is 1. The van der Waals surface area contributed by atoms with E-state index in [4.69, 9.17) is 11.6 Å². The molecule has 108 valence electrons. The molecule has 8 heteroatoms. The first-order valence-corrected chi connectivity index (χ1v) is 7.04. The topological polar surface area (TPSA) is 72.2 Å². The Kier molecular flexibility index (Phi) is 4.73. The van der Waals surface area contributed by atoms with Gasteiger partial charge in [-0.2, -0.15) is 0 Å². The number of anilines is 1. The van der Waals surface area contributed by atoms with Crippen molar-refractivity contribution in [2.24, 2.45) is 0 Å². The molecule has 0 spiro atoms. The summed E-state index contributed by atoms with van der Waals surface area (Å²) in [5, 5.41) is 13.3. The average Bonchev–Trinajstić information content (AvgIpc) is 2.42. The number of carbonyl (C=O) groups excluding carboxylic acids is 1. The van der Waals surface area contributed by atoms with Crippen LogP contribution in [0.3, 0.4) is 0 Å². The Hall–Kier alpha value is -1.74. The Balaban J connectivity index is 2.28. The number of nitrogens with zero attached hydrogens (tertiary/aromatic N) is 1. The Bertz CT molecular complexity index is 739. The molecule has 21 heavy (non-hydrogen) atoms. The average molecular weight is 421 g/mol. The molecule has 0 heterocycles. The van der Waals surface area contributed by atoms with Crippen molar-refractivity contribution in [1.29, 1.82) is 0 Å². The maximum absolute atomic E-state index is 13.0. The van der Waals surface area contributed by atoms with Gasteiger partial charge >= 0.3 is 0 Å². The lowest BCUT2D eigenvalue weighted by Gasteiger charge is -2.07. The van der Waals surface area contributed by atoms with E-state index in [9.17, 15) is 19.3 Å². The van der Waals surface area contributed by atoms with Gasteiger partial charge in [0.15, 0.2) is 0 Å². The molecule has 2 aromatic rings. The standard InChI is InChI=1S/C13H7ClFIN2O3/c14-9-3-1-7(5-12(9)18(20)21)13(19)17-11-4-2-8(15)6-10(11)16/h1-6H,(H,17,19). The summed E-state index contributed by atoms with van der Waals surface area (Å²) < 4.78 is 13.5. The summed E-state index contributed by atoms with van der Waals surface area (Å²) in [6.07, 6.45) is 0. The molecule has 1 N–H and O–H groups in total. The second-order valence-corrected chi connectivity index (χ2v) is 5.57. The molecular formula is C13H7ClFIN2O3. The largest absolute Gasteiger partial charge is 0.321 e. The highest BCUT2D eigenvalue weighted by atomic mass is 127. The summed E-state index contributed by atoms with van der Waals surface area (Å²) in [5.74, 6) is -0.959. The molecule has 0 radical (unpaired) electrons. The lowest BCUT2D eigenvalue weighted by atomic mass is 10.2. The lowest BCUT2D eigenvalue weighted by Crippen LogP contribution is -2.13. The Morgan fingerprint density at radius 2 is 2.00 bits per heavy atom. The molecule has 5 nitrogen and oxygen atoms in total. The fraction of sp³-hybridized carbons (Fsp3) is 0. The van der Waals surface area contributed by atoms with Crippen LogP contribution in [0.1, 0.15) is 10.4 Å². The van der Waals surface area contributed by atoms with Crippen LogP contribution >= 0.6 is 34.2 Å². The van der Waals surface area contributed by atoms with E-state index in [-0.39, 0.29) is 16.3 Å². The minimum Gasteiger partial charge on any atom is -0.321 e. The van der Waals surface area contributed by atoms with Crippen LogP contribution in [0.2, 0.25) is 5.02 Å². The molecule has 0 unspecified atom stereocenters. The van der Waals surface area contributed by atoms with Crippen molar-refractivity contribution >= 4 is 51.5 Å².